The van der Waals surface area contributed by atoms with Crippen LogP contribution in [0.3, 0.4) is 0 Å². The van der Waals surface area contributed by atoms with E-state index in [1.807, 2.05) is 6.92 Å². The van der Waals surface area contributed by atoms with Crippen molar-refractivity contribution in [2.45, 2.75) is 82.9 Å². The molecule has 4 N–H and O–H groups in total. The maximum absolute atomic E-state index is 12.1. The summed E-state index contributed by atoms with van der Waals surface area (Å²) in [4.78, 5) is 12.1. The van der Waals surface area contributed by atoms with Crippen molar-refractivity contribution in [3.63, 3.8) is 0 Å². The third kappa shape index (κ3) is 2.44. The van der Waals surface area contributed by atoms with Gasteiger partial charge < -0.3 is 25.2 Å². The van der Waals surface area contributed by atoms with Crippen molar-refractivity contribution in [3.05, 3.63) is 23.8 Å². The number of aliphatic carboxylic acids is 1. The Labute approximate surface area is 165 Å². The van der Waals surface area contributed by atoms with Crippen molar-refractivity contribution in [1.82, 2.24) is 0 Å². The third-order valence-corrected chi connectivity index (χ3v) is 8.63. The number of hydrogen-bond donors (Lipinski definition) is 4. The number of fused-ring (bicyclic) bond motifs is 2. The number of carboxylic acid groups (broad SMARTS) is 1. The van der Waals surface area contributed by atoms with Gasteiger partial charge >= 0.3 is 5.97 Å². The summed E-state index contributed by atoms with van der Waals surface area (Å²) in [5.41, 5.74) is -0.636. The first-order valence-electron chi connectivity index (χ1n) is 10.3. The highest BCUT2D eigenvalue weighted by Crippen LogP contribution is 2.64. The van der Waals surface area contributed by atoms with Gasteiger partial charge in [-0.3, -0.25) is 4.79 Å². The molecule has 1 saturated heterocycles. The summed E-state index contributed by atoms with van der Waals surface area (Å²) in [5.74, 6) is -0.719. The second-order valence-electron chi connectivity index (χ2n) is 9.98. The van der Waals surface area contributed by atoms with Crippen LogP contribution >= 0.6 is 0 Å². The predicted octanol–water partition coefficient (Wildman–Crippen LogP) is 2.03. The van der Waals surface area contributed by atoms with Crippen LogP contribution in [-0.4, -0.2) is 56.4 Å². The van der Waals surface area contributed by atoms with Crippen LogP contribution in [-0.2, 0) is 9.53 Å². The maximum atomic E-state index is 12.1. The second kappa shape index (κ2) is 6.14. The lowest BCUT2D eigenvalue weighted by molar-refractivity contribution is -0.163. The molecule has 0 amide bonds. The van der Waals surface area contributed by atoms with E-state index in [9.17, 15) is 25.2 Å². The molecular formula is C22H32O6. The Kier molecular flexibility index (Phi) is 4.41. The highest BCUT2D eigenvalue weighted by Gasteiger charge is 2.71. The van der Waals surface area contributed by atoms with Crippen LogP contribution in [0.2, 0.25) is 0 Å². The molecule has 0 aromatic heterocycles. The van der Waals surface area contributed by atoms with E-state index in [2.05, 4.69) is 26.5 Å². The van der Waals surface area contributed by atoms with E-state index >= 15 is 0 Å². The molecule has 2 saturated carbocycles. The van der Waals surface area contributed by atoms with E-state index in [1.54, 1.807) is 0 Å². The van der Waals surface area contributed by atoms with Gasteiger partial charge in [0.15, 0.2) is 0 Å². The summed E-state index contributed by atoms with van der Waals surface area (Å²) in [5, 5.41) is 41.5. The average Bonchev–Trinajstić information content (AvgIpc) is 3.37. The van der Waals surface area contributed by atoms with E-state index < -0.39 is 41.4 Å². The Hall–Kier alpha value is -1.21. The first kappa shape index (κ1) is 20.1. The molecule has 4 aliphatic rings. The standard InChI is InChI=1S/C22H32O6/c1-11-6-7-14-20(3,8-5-9-21(14,4)19(26)27)13(11)10-22-17(25)15(23)12(2)16(24)18(22)28-22/h6,13-18,23-25H,2,5,7-10H2,1,3-4H3,(H,26,27)/t13-,14+,15+,16-,17+,18-,20-,21-,22+/m1/s1. The number of carbonyl (C=O) groups is 1. The Morgan fingerprint density at radius 3 is 2.57 bits per heavy atom. The smallest absolute Gasteiger partial charge is 0.309 e. The van der Waals surface area contributed by atoms with Crippen LogP contribution in [0.5, 0.6) is 0 Å². The molecule has 0 unspecified atom stereocenters. The largest absolute Gasteiger partial charge is 0.481 e. The van der Waals surface area contributed by atoms with Gasteiger partial charge in [-0.25, -0.2) is 0 Å². The zero-order valence-electron chi connectivity index (χ0n) is 16.9. The van der Waals surface area contributed by atoms with Gasteiger partial charge in [0.2, 0.25) is 0 Å². The molecule has 0 aromatic rings. The number of carboxylic acids is 1. The highest BCUT2D eigenvalue weighted by molar-refractivity contribution is 5.75. The van der Waals surface area contributed by atoms with Crippen LogP contribution < -0.4 is 0 Å². The zero-order valence-corrected chi connectivity index (χ0v) is 16.9. The van der Waals surface area contributed by atoms with E-state index in [0.29, 0.717) is 12.8 Å². The van der Waals surface area contributed by atoms with Crippen molar-refractivity contribution in [2.75, 3.05) is 0 Å². The van der Waals surface area contributed by atoms with Gasteiger partial charge in [0, 0.05) is 0 Å². The fraction of sp³-hybridized carbons (Fsp3) is 0.773. The summed E-state index contributed by atoms with van der Waals surface area (Å²) < 4.78 is 5.84. The average molecular weight is 392 g/mol. The maximum Gasteiger partial charge on any atom is 0.309 e. The molecule has 3 aliphatic carbocycles. The Morgan fingerprint density at radius 1 is 1.25 bits per heavy atom. The SMILES string of the molecule is C=C1[C@@H](O)[C@H]2O[C@@]2(C[C@@H]2C(C)=CC[C@H]3[C@]2(C)CCC[C@@]3(C)C(=O)O)[C@@H](O)[C@H]1O. The fourth-order valence-electron chi connectivity index (χ4n) is 6.69. The summed E-state index contributed by atoms with van der Waals surface area (Å²) in [7, 11) is 0. The lowest BCUT2D eigenvalue weighted by Crippen LogP contribution is -2.56. The van der Waals surface area contributed by atoms with Gasteiger partial charge in [-0.2, -0.15) is 0 Å². The van der Waals surface area contributed by atoms with Crippen molar-refractivity contribution in [2.24, 2.45) is 22.7 Å². The lowest BCUT2D eigenvalue weighted by atomic mass is 9.47. The first-order chi connectivity index (χ1) is 13.0. The number of allylic oxidation sites excluding steroid dienone is 2. The van der Waals surface area contributed by atoms with E-state index in [0.717, 1.165) is 19.3 Å². The number of hydrogen-bond acceptors (Lipinski definition) is 5. The Morgan fingerprint density at radius 2 is 1.93 bits per heavy atom. The molecule has 1 heterocycles. The molecule has 28 heavy (non-hydrogen) atoms. The molecule has 0 spiro atoms. The summed E-state index contributed by atoms with van der Waals surface area (Å²) in [6.45, 7) is 9.80. The molecule has 0 aromatic carbocycles. The Bertz CT molecular complexity index is 745. The van der Waals surface area contributed by atoms with Crippen molar-refractivity contribution >= 4 is 5.97 Å². The number of ether oxygens (including phenoxy) is 1. The highest BCUT2D eigenvalue weighted by atomic mass is 16.6. The fourth-order valence-corrected chi connectivity index (χ4v) is 6.69. The van der Waals surface area contributed by atoms with Crippen LogP contribution in [0.4, 0.5) is 0 Å². The number of rotatable bonds is 3. The minimum absolute atomic E-state index is 0.000837. The van der Waals surface area contributed by atoms with Gasteiger partial charge in [-0.1, -0.05) is 31.6 Å². The normalized spacial score (nSPS) is 53.1. The zero-order chi connectivity index (χ0) is 20.6. The van der Waals surface area contributed by atoms with Gasteiger partial charge in [-0.05, 0) is 62.4 Å². The number of aliphatic hydroxyl groups excluding tert-OH is 3. The molecule has 3 fully saturated rings. The van der Waals surface area contributed by atoms with Crippen LogP contribution in [0, 0.1) is 22.7 Å². The van der Waals surface area contributed by atoms with Gasteiger partial charge in [0.1, 0.15) is 30.0 Å². The van der Waals surface area contributed by atoms with E-state index in [1.165, 1.54) is 5.57 Å². The van der Waals surface area contributed by atoms with Crippen LogP contribution in [0.1, 0.15) is 52.9 Å². The molecule has 9 atom stereocenters. The topological polar surface area (TPSA) is 111 Å². The molecule has 156 valence electrons. The molecule has 4 rings (SSSR count). The van der Waals surface area contributed by atoms with Crippen LogP contribution in [0.15, 0.2) is 23.8 Å². The van der Waals surface area contributed by atoms with Gasteiger partial charge in [0.25, 0.3) is 0 Å². The number of epoxide rings is 1. The second-order valence-corrected chi connectivity index (χ2v) is 9.98. The number of aliphatic hydroxyl groups is 3. The molecule has 0 radical (unpaired) electrons. The summed E-state index contributed by atoms with van der Waals surface area (Å²) >= 11 is 0. The Balaban J connectivity index is 1.68. The van der Waals surface area contributed by atoms with Crippen molar-refractivity contribution < 1.29 is 30.0 Å². The molecule has 6 nitrogen and oxygen atoms in total. The van der Waals surface area contributed by atoms with E-state index in [4.69, 9.17) is 4.74 Å². The molecule has 6 heteroatoms. The van der Waals surface area contributed by atoms with Gasteiger partial charge in [0.05, 0.1) is 5.41 Å². The summed E-state index contributed by atoms with van der Waals surface area (Å²) in [6, 6.07) is 0. The monoisotopic (exact) mass is 392 g/mol. The first-order valence-corrected chi connectivity index (χ1v) is 10.3. The van der Waals surface area contributed by atoms with Crippen molar-refractivity contribution in [1.29, 1.82) is 0 Å². The van der Waals surface area contributed by atoms with E-state index in [-0.39, 0.29) is 22.8 Å². The van der Waals surface area contributed by atoms with Gasteiger partial charge in [-0.15, -0.1) is 0 Å². The lowest BCUT2D eigenvalue weighted by Gasteiger charge is -2.56. The summed E-state index contributed by atoms with van der Waals surface area (Å²) in [6.07, 6.45) is 1.86. The quantitative estimate of drug-likeness (QED) is 0.432. The molecule has 1 aliphatic heterocycles. The molecular weight excluding hydrogens is 360 g/mol. The third-order valence-electron chi connectivity index (χ3n) is 8.63. The predicted molar refractivity (Wildman–Crippen MR) is 102 cm³/mol. The van der Waals surface area contributed by atoms with Crippen molar-refractivity contribution in [3.8, 4) is 0 Å². The minimum atomic E-state index is -1.22. The minimum Gasteiger partial charge on any atom is -0.481 e. The van der Waals surface area contributed by atoms with Crippen LogP contribution in [0.25, 0.3) is 0 Å². The molecule has 0 bridgehead atoms.